The van der Waals surface area contributed by atoms with E-state index in [1.165, 1.54) is 17.9 Å². The summed E-state index contributed by atoms with van der Waals surface area (Å²) in [4.78, 5) is 40.8. The number of fused-ring (bicyclic) bond motifs is 1. The summed E-state index contributed by atoms with van der Waals surface area (Å²) >= 11 is 0. The molecule has 1 unspecified atom stereocenters. The zero-order valence-electron chi connectivity index (χ0n) is 18.6. The monoisotopic (exact) mass is 471 g/mol. The molecule has 0 aliphatic carbocycles. The van der Waals surface area contributed by atoms with Crippen LogP contribution in [0, 0.1) is 0 Å². The number of pyridine rings is 1. The number of primary amides is 1. The zero-order valence-corrected chi connectivity index (χ0v) is 18.6. The molecular formula is C25H21N5O5. The molecule has 1 aliphatic rings. The zero-order chi connectivity index (χ0) is 24.7. The van der Waals surface area contributed by atoms with Gasteiger partial charge >= 0.3 is 6.03 Å². The summed E-state index contributed by atoms with van der Waals surface area (Å²) in [5.41, 5.74) is 6.09. The topological polar surface area (TPSA) is 149 Å². The van der Waals surface area contributed by atoms with Crippen molar-refractivity contribution in [2.45, 2.75) is 12.1 Å². The van der Waals surface area contributed by atoms with E-state index in [0.29, 0.717) is 22.3 Å². The highest BCUT2D eigenvalue weighted by molar-refractivity contribution is 6.07. The number of hydrogen-bond donors (Lipinski definition) is 4. The number of aromatic nitrogens is 2. The van der Waals surface area contributed by atoms with Gasteiger partial charge in [0.15, 0.2) is 11.4 Å². The fourth-order valence-corrected chi connectivity index (χ4v) is 4.31. The first-order chi connectivity index (χ1) is 16.8. The Hall–Kier alpha value is -4.86. The average molecular weight is 471 g/mol. The van der Waals surface area contributed by atoms with Crippen LogP contribution in [0.1, 0.15) is 15.9 Å². The summed E-state index contributed by atoms with van der Waals surface area (Å²) in [7, 11) is 1.53. The Kier molecular flexibility index (Phi) is 5.13. The summed E-state index contributed by atoms with van der Waals surface area (Å²) in [6.07, 6.45) is 4.69. The van der Waals surface area contributed by atoms with Gasteiger partial charge in [0.1, 0.15) is 5.75 Å². The number of benzene rings is 2. The number of carbonyl (C=O) groups excluding carboxylic acids is 3. The number of nitrogens with zero attached hydrogens (tertiary/aromatic N) is 2. The van der Waals surface area contributed by atoms with Gasteiger partial charge in [0.2, 0.25) is 5.91 Å². The van der Waals surface area contributed by atoms with Gasteiger partial charge in [-0.25, -0.2) is 4.79 Å². The second-order valence-electron chi connectivity index (χ2n) is 8.25. The van der Waals surface area contributed by atoms with Crippen LogP contribution in [0.5, 0.6) is 11.6 Å². The SMILES string of the molecule is COc1ccc2cn(CC3(c4ccc(-c5cncc(C(N)=O)c5)cc4)NC(=O)NC3=O)c(O)c2c1. The van der Waals surface area contributed by atoms with Gasteiger partial charge in [0, 0.05) is 34.9 Å². The molecule has 2 aromatic heterocycles. The van der Waals surface area contributed by atoms with E-state index in [9.17, 15) is 19.5 Å². The molecule has 10 heteroatoms. The smallest absolute Gasteiger partial charge is 0.322 e. The largest absolute Gasteiger partial charge is 0.497 e. The van der Waals surface area contributed by atoms with Crippen molar-refractivity contribution in [2.24, 2.45) is 5.73 Å². The highest BCUT2D eigenvalue weighted by Gasteiger charge is 2.48. The molecule has 5 N–H and O–H groups in total. The number of imide groups is 1. The van der Waals surface area contributed by atoms with Crippen LogP contribution >= 0.6 is 0 Å². The summed E-state index contributed by atoms with van der Waals surface area (Å²) in [5, 5.41) is 17.2. The van der Waals surface area contributed by atoms with E-state index in [1.807, 2.05) is 0 Å². The van der Waals surface area contributed by atoms with Crippen molar-refractivity contribution in [1.82, 2.24) is 20.2 Å². The summed E-state index contributed by atoms with van der Waals surface area (Å²) in [6.45, 7) is -0.0501. The maximum Gasteiger partial charge on any atom is 0.322 e. The molecule has 1 atom stereocenters. The number of nitrogens with one attached hydrogen (secondary N) is 2. The number of carbonyl (C=O) groups is 3. The molecule has 4 aromatic rings. The number of methoxy groups -OCH3 is 1. The quantitative estimate of drug-likeness (QED) is 0.317. The molecule has 0 radical (unpaired) electrons. The lowest BCUT2D eigenvalue weighted by atomic mass is 9.88. The van der Waals surface area contributed by atoms with Crippen LogP contribution in [-0.2, 0) is 16.9 Å². The molecule has 1 fully saturated rings. The average Bonchev–Trinajstić information content (AvgIpc) is 3.33. The Morgan fingerprint density at radius 3 is 2.54 bits per heavy atom. The van der Waals surface area contributed by atoms with Gasteiger partial charge in [-0.1, -0.05) is 24.3 Å². The van der Waals surface area contributed by atoms with Gasteiger partial charge in [-0.2, -0.15) is 0 Å². The Labute approximate surface area is 199 Å². The second kappa shape index (κ2) is 8.17. The van der Waals surface area contributed by atoms with E-state index in [2.05, 4.69) is 15.6 Å². The van der Waals surface area contributed by atoms with Gasteiger partial charge in [-0.05, 0) is 35.4 Å². The van der Waals surface area contributed by atoms with Gasteiger partial charge in [0.25, 0.3) is 5.91 Å². The molecule has 35 heavy (non-hydrogen) atoms. The van der Waals surface area contributed by atoms with E-state index in [1.54, 1.807) is 60.9 Å². The number of aromatic hydroxyl groups is 1. The lowest BCUT2D eigenvalue weighted by Crippen LogP contribution is -2.47. The van der Waals surface area contributed by atoms with Crippen LogP contribution in [0.4, 0.5) is 4.79 Å². The summed E-state index contributed by atoms with van der Waals surface area (Å²) in [5.74, 6) is -0.602. The van der Waals surface area contributed by atoms with Crippen molar-refractivity contribution in [3.05, 3.63) is 78.2 Å². The maximum absolute atomic E-state index is 13.0. The normalized spacial score (nSPS) is 17.3. The fraction of sp³-hybridized carbons (Fsp3) is 0.120. The first-order valence-corrected chi connectivity index (χ1v) is 10.7. The number of hydrogen-bond acceptors (Lipinski definition) is 6. The number of rotatable bonds is 6. The third kappa shape index (κ3) is 3.70. The van der Waals surface area contributed by atoms with Crippen LogP contribution in [0.25, 0.3) is 21.9 Å². The van der Waals surface area contributed by atoms with E-state index >= 15 is 0 Å². The van der Waals surface area contributed by atoms with Crippen molar-refractivity contribution in [1.29, 1.82) is 0 Å². The van der Waals surface area contributed by atoms with Gasteiger partial charge in [-0.15, -0.1) is 0 Å². The van der Waals surface area contributed by atoms with Crippen LogP contribution in [0.2, 0.25) is 0 Å². The van der Waals surface area contributed by atoms with Crippen LogP contribution in [0.3, 0.4) is 0 Å². The molecule has 176 valence electrons. The minimum atomic E-state index is -1.46. The molecule has 1 aliphatic heterocycles. The third-order valence-corrected chi connectivity index (χ3v) is 6.15. The molecule has 0 spiro atoms. The van der Waals surface area contributed by atoms with Gasteiger partial charge in [-0.3, -0.25) is 19.9 Å². The molecule has 1 saturated heterocycles. The molecule has 3 heterocycles. The van der Waals surface area contributed by atoms with E-state index < -0.39 is 23.4 Å². The standard InChI is InChI=1S/C25H21N5O5/c1-35-19-7-4-15-12-30(22(32)20(15)9-19)13-25(23(33)28-24(34)29-25)18-5-2-14(3-6-18)16-8-17(21(26)31)11-27-10-16/h2-12,32H,13H2,1H3,(H2,26,31)(H2,28,29,33,34). The Morgan fingerprint density at radius 1 is 1.11 bits per heavy atom. The van der Waals surface area contributed by atoms with Crippen molar-refractivity contribution in [2.75, 3.05) is 7.11 Å². The first-order valence-electron chi connectivity index (χ1n) is 10.7. The van der Waals surface area contributed by atoms with Crippen molar-refractivity contribution >= 4 is 28.6 Å². The Balaban J connectivity index is 1.54. The number of ether oxygens (including phenoxy) is 1. The highest BCUT2D eigenvalue weighted by atomic mass is 16.5. The summed E-state index contributed by atoms with van der Waals surface area (Å²) < 4.78 is 6.75. The molecular weight excluding hydrogens is 450 g/mol. The van der Waals surface area contributed by atoms with E-state index in [0.717, 1.165) is 10.9 Å². The van der Waals surface area contributed by atoms with E-state index in [-0.39, 0.29) is 18.0 Å². The molecule has 0 saturated carbocycles. The Morgan fingerprint density at radius 2 is 1.89 bits per heavy atom. The lowest BCUT2D eigenvalue weighted by Gasteiger charge is -2.27. The van der Waals surface area contributed by atoms with Crippen molar-refractivity contribution in [3.63, 3.8) is 0 Å². The Bertz CT molecular complexity index is 1490. The predicted molar refractivity (Wildman–Crippen MR) is 127 cm³/mol. The number of amides is 4. The molecule has 10 nitrogen and oxygen atoms in total. The van der Waals surface area contributed by atoms with Gasteiger partial charge < -0.3 is 25.5 Å². The number of urea groups is 1. The van der Waals surface area contributed by atoms with Crippen molar-refractivity contribution in [3.8, 4) is 22.8 Å². The maximum atomic E-state index is 13.0. The van der Waals surface area contributed by atoms with Crippen molar-refractivity contribution < 1.29 is 24.2 Å². The third-order valence-electron chi connectivity index (χ3n) is 6.15. The molecule has 0 bridgehead atoms. The van der Waals surface area contributed by atoms with Crippen LogP contribution < -0.4 is 21.1 Å². The fourth-order valence-electron chi connectivity index (χ4n) is 4.31. The van der Waals surface area contributed by atoms with Gasteiger partial charge in [0.05, 0.1) is 19.2 Å². The van der Waals surface area contributed by atoms with Crippen LogP contribution in [-0.4, -0.2) is 39.6 Å². The molecule has 4 amide bonds. The second-order valence-corrected chi connectivity index (χ2v) is 8.25. The number of nitrogens with two attached hydrogens (primary N) is 1. The minimum Gasteiger partial charge on any atom is -0.497 e. The minimum absolute atomic E-state index is 0.0501. The van der Waals surface area contributed by atoms with E-state index in [4.69, 9.17) is 10.5 Å². The molecule has 2 aromatic carbocycles. The lowest BCUT2D eigenvalue weighted by molar-refractivity contribution is -0.124. The highest BCUT2D eigenvalue weighted by Crippen LogP contribution is 2.35. The first kappa shape index (κ1) is 22.0. The van der Waals surface area contributed by atoms with Crippen LogP contribution in [0.15, 0.2) is 67.1 Å². The molecule has 5 rings (SSSR count). The summed E-state index contributed by atoms with van der Waals surface area (Å²) in [6, 6.07) is 13.2. The predicted octanol–water partition coefficient (Wildman–Crippen LogP) is 2.25.